The Morgan fingerprint density at radius 3 is 1.97 bits per heavy atom. The quantitative estimate of drug-likeness (QED) is 0.284. The third kappa shape index (κ3) is 7.97. The molecule has 208 valence electrons. The number of amides is 2. The van der Waals surface area contributed by atoms with Gasteiger partial charge in [-0.3, -0.25) is 13.9 Å². The molecule has 2 atom stereocenters. The Kier molecular flexibility index (Phi) is 10.8. The fourth-order valence-electron chi connectivity index (χ4n) is 4.07. The highest BCUT2D eigenvalue weighted by Crippen LogP contribution is 2.30. The maximum atomic E-state index is 14.0. The number of carbonyl (C=O) groups is 2. The zero-order valence-electron chi connectivity index (χ0n) is 22.2. The van der Waals surface area contributed by atoms with E-state index in [2.05, 4.69) is 5.32 Å². The molecule has 1 N–H and O–H groups in total. The molecule has 3 rings (SSSR count). The summed E-state index contributed by atoms with van der Waals surface area (Å²) in [4.78, 5) is 28.7. The zero-order chi connectivity index (χ0) is 28.6. The second kappa shape index (κ2) is 13.8. The molecule has 2 amide bonds. The van der Waals surface area contributed by atoms with Crippen LogP contribution in [0.5, 0.6) is 0 Å². The van der Waals surface area contributed by atoms with Gasteiger partial charge in [-0.25, -0.2) is 8.42 Å². The molecule has 0 saturated heterocycles. The lowest BCUT2D eigenvalue weighted by molar-refractivity contribution is -0.140. The van der Waals surface area contributed by atoms with E-state index in [0.29, 0.717) is 6.42 Å². The number of anilines is 1. The van der Waals surface area contributed by atoms with Gasteiger partial charge in [0.2, 0.25) is 11.8 Å². The molecule has 0 aliphatic heterocycles. The minimum atomic E-state index is -4.20. The van der Waals surface area contributed by atoms with Crippen molar-refractivity contribution in [1.29, 1.82) is 0 Å². The van der Waals surface area contributed by atoms with Gasteiger partial charge in [0.1, 0.15) is 12.6 Å². The minimum Gasteiger partial charge on any atom is -0.352 e. The predicted molar refractivity (Wildman–Crippen MR) is 156 cm³/mol. The Hall–Kier alpha value is -3.07. The lowest BCUT2D eigenvalue weighted by atomic mass is 10.1. The summed E-state index contributed by atoms with van der Waals surface area (Å²) in [5, 5.41) is 3.40. The second-order valence-corrected chi connectivity index (χ2v) is 11.9. The zero-order valence-corrected chi connectivity index (χ0v) is 24.5. The Morgan fingerprint density at radius 2 is 1.44 bits per heavy atom. The van der Waals surface area contributed by atoms with Gasteiger partial charge in [-0.1, -0.05) is 85.6 Å². The summed E-state index contributed by atoms with van der Waals surface area (Å²) in [5.74, 6) is -0.833. The van der Waals surface area contributed by atoms with E-state index in [-0.39, 0.29) is 39.1 Å². The van der Waals surface area contributed by atoms with Crippen LogP contribution in [0.25, 0.3) is 0 Å². The Balaban J connectivity index is 2.06. The third-order valence-electron chi connectivity index (χ3n) is 6.33. The normalized spacial score (nSPS) is 12.8. The van der Waals surface area contributed by atoms with Crippen LogP contribution in [0, 0.1) is 0 Å². The summed E-state index contributed by atoms with van der Waals surface area (Å²) in [6.07, 6.45) is 1.07. The van der Waals surface area contributed by atoms with E-state index in [1.54, 1.807) is 18.2 Å². The van der Waals surface area contributed by atoms with Gasteiger partial charge in [0, 0.05) is 22.6 Å². The summed E-state index contributed by atoms with van der Waals surface area (Å²) >= 11 is 12.4. The highest BCUT2D eigenvalue weighted by Gasteiger charge is 2.34. The highest BCUT2D eigenvalue weighted by molar-refractivity contribution is 7.92. The van der Waals surface area contributed by atoms with Gasteiger partial charge in [0.05, 0.1) is 10.6 Å². The summed E-state index contributed by atoms with van der Waals surface area (Å²) in [5.41, 5.74) is 0.949. The van der Waals surface area contributed by atoms with Crippen molar-refractivity contribution in [1.82, 2.24) is 10.2 Å². The number of nitrogens with zero attached hydrogens (tertiary/aromatic N) is 2. The van der Waals surface area contributed by atoms with Crippen molar-refractivity contribution in [2.45, 2.75) is 57.1 Å². The Labute approximate surface area is 240 Å². The van der Waals surface area contributed by atoms with Crippen LogP contribution in [0.2, 0.25) is 10.0 Å². The summed E-state index contributed by atoms with van der Waals surface area (Å²) in [6.45, 7) is 5.24. The Morgan fingerprint density at radius 1 is 0.872 bits per heavy atom. The van der Waals surface area contributed by atoms with Crippen LogP contribution in [-0.2, 0) is 26.2 Å². The van der Waals surface area contributed by atoms with E-state index in [1.807, 2.05) is 51.1 Å². The van der Waals surface area contributed by atoms with Crippen molar-refractivity contribution in [3.05, 3.63) is 94.5 Å². The molecule has 3 aromatic rings. The fourth-order valence-corrected chi connectivity index (χ4v) is 6.01. The molecule has 7 nitrogen and oxygen atoms in total. The molecule has 39 heavy (non-hydrogen) atoms. The molecule has 0 aromatic heterocycles. The smallest absolute Gasteiger partial charge is 0.264 e. The standard InChI is InChI=1S/C29H33Cl2N3O4S/c1-4-21(3)32-29(36)27(5-2)33(19-22-12-8-6-9-13-22)28(35)20-34(25-17-23(30)16-24(31)18-25)39(37,38)26-14-10-7-11-15-26/h6-18,21,27H,4-5,19-20H2,1-3H3,(H,32,36)/t21-,27+/m1/s1. The van der Waals surface area contributed by atoms with E-state index in [0.717, 1.165) is 16.3 Å². The van der Waals surface area contributed by atoms with Crippen LogP contribution in [0.15, 0.2) is 83.8 Å². The number of halogens is 2. The van der Waals surface area contributed by atoms with Crippen molar-refractivity contribution in [3.8, 4) is 0 Å². The molecule has 0 fully saturated rings. The van der Waals surface area contributed by atoms with Crippen molar-refractivity contribution in [2.75, 3.05) is 10.8 Å². The first-order chi connectivity index (χ1) is 18.6. The van der Waals surface area contributed by atoms with Gasteiger partial charge in [-0.05, 0) is 55.7 Å². The van der Waals surface area contributed by atoms with Gasteiger partial charge in [-0.2, -0.15) is 0 Å². The number of hydrogen-bond acceptors (Lipinski definition) is 4. The molecule has 0 bridgehead atoms. The first-order valence-electron chi connectivity index (χ1n) is 12.7. The molecule has 3 aromatic carbocycles. The molecule has 0 radical (unpaired) electrons. The average molecular weight is 591 g/mol. The number of nitrogens with one attached hydrogen (secondary N) is 1. The van der Waals surface area contributed by atoms with E-state index in [1.165, 1.54) is 35.2 Å². The summed E-state index contributed by atoms with van der Waals surface area (Å²) in [7, 11) is -4.20. The fraction of sp³-hybridized carbons (Fsp3) is 0.310. The van der Waals surface area contributed by atoms with Gasteiger partial charge >= 0.3 is 0 Å². The monoisotopic (exact) mass is 589 g/mol. The van der Waals surface area contributed by atoms with Gasteiger partial charge < -0.3 is 10.2 Å². The number of carbonyl (C=O) groups excluding carboxylic acids is 2. The number of benzene rings is 3. The molecule has 0 spiro atoms. The number of sulfonamides is 1. The van der Waals surface area contributed by atoms with E-state index in [4.69, 9.17) is 23.2 Å². The third-order valence-corrected chi connectivity index (χ3v) is 8.55. The highest BCUT2D eigenvalue weighted by atomic mass is 35.5. The van der Waals surface area contributed by atoms with E-state index in [9.17, 15) is 18.0 Å². The number of hydrogen-bond donors (Lipinski definition) is 1. The predicted octanol–water partition coefficient (Wildman–Crippen LogP) is 5.91. The van der Waals surface area contributed by atoms with Gasteiger partial charge in [-0.15, -0.1) is 0 Å². The van der Waals surface area contributed by atoms with Crippen LogP contribution in [0.4, 0.5) is 5.69 Å². The summed E-state index contributed by atoms with van der Waals surface area (Å²) < 4.78 is 28.6. The van der Waals surface area contributed by atoms with Crippen LogP contribution in [-0.4, -0.2) is 43.8 Å². The van der Waals surface area contributed by atoms with Gasteiger partial charge in [0.25, 0.3) is 10.0 Å². The molecule has 0 saturated carbocycles. The largest absolute Gasteiger partial charge is 0.352 e. The Bertz CT molecular complexity index is 1350. The molecular formula is C29H33Cl2N3O4S. The SMILES string of the molecule is CC[C@@H](C)NC(=O)[C@H](CC)N(Cc1ccccc1)C(=O)CN(c1cc(Cl)cc(Cl)c1)S(=O)(=O)c1ccccc1. The van der Waals surface area contributed by atoms with Crippen LogP contribution >= 0.6 is 23.2 Å². The molecule has 0 aliphatic carbocycles. The molecule has 0 unspecified atom stereocenters. The first-order valence-corrected chi connectivity index (χ1v) is 14.9. The van der Waals surface area contributed by atoms with Crippen LogP contribution in [0.1, 0.15) is 39.2 Å². The lowest BCUT2D eigenvalue weighted by Gasteiger charge is -2.33. The molecular weight excluding hydrogens is 557 g/mol. The van der Waals surface area contributed by atoms with Crippen molar-refractivity contribution < 1.29 is 18.0 Å². The maximum absolute atomic E-state index is 14.0. The lowest BCUT2D eigenvalue weighted by Crippen LogP contribution is -2.53. The first kappa shape index (κ1) is 30.5. The van der Waals surface area contributed by atoms with Crippen LogP contribution < -0.4 is 9.62 Å². The number of rotatable bonds is 12. The topological polar surface area (TPSA) is 86.8 Å². The summed E-state index contributed by atoms with van der Waals surface area (Å²) in [6, 6.07) is 20.6. The minimum absolute atomic E-state index is 0.00469. The molecule has 0 heterocycles. The van der Waals surface area contributed by atoms with Crippen molar-refractivity contribution in [2.24, 2.45) is 0 Å². The molecule has 0 aliphatic rings. The average Bonchev–Trinajstić information content (AvgIpc) is 2.91. The van der Waals surface area contributed by atoms with E-state index >= 15 is 0 Å². The molecule has 10 heteroatoms. The van der Waals surface area contributed by atoms with Crippen molar-refractivity contribution >= 4 is 50.7 Å². The van der Waals surface area contributed by atoms with Gasteiger partial charge in [0.15, 0.2) is 0 Å². The van der Waals surface area contributed by atoms with E-state index < -0.39 is 28.5 Å². The van der Waals surface area contributed by atoms with Crippen LogP contribution in [0.3, 0.4) is 0 Å². The maximum Gasteiger partial charge on any atom is 0.264 e. The second-order valence-electron chi connectivity index (χ2n) is 9.20. The van der Waals surface area contributed by atoms with Crippen molar-refractivity contribution in [3.63, 3.8) is 0 Å².